The Hall–Kier alpha value is -0.840. The molecule has 0 bridgehead atoms. The van der Waals surface area contributed by atoms with E-state index in [1.807, 2.05) is 0 Å². The highest BCUT2D eigenvalue weighted by Gasteiger charge is 2.62. The van der Waals surface area contributed by atoms with Crippen LogP contribution >= 0.6 is 0 Å². The van der Waals surface area contributed by atoms with Crippen LogP contribution in [0, 0.1) is 0 Å². The second-order valence-corrected chi connectivity index (χ2v) is 11.3. The third-order valence-electron chi connectivity index (χ3n) is 8.49. The number of hydrogen-bond donors (Lipinski definition) is 14. The van der Waals surface area contributed by atoms with E-state index in [4.69, 9.17) is 33.2 Å². The van der Waals surface area contributed by atoms with Gasteiger partial charge in [-0.15, -0.1) is 0 Å². The molecule has 0 aromatic carbocycles. The molecular weight excluding hydrogens is 624 g/mol. The fraction of sp³-hybridized carbons (Fsp3) is 1.00. The van der Waals surface area contributed by atoms with Gasteiger partial charge in [-0.25, -0.2) is 0 Å². The van der Waals surface area contributed by atoms with E-state index in [1.165, 1.54) is 0 Å². The zero-order valence-electron chi connectivity index (χ0n) is 23.7. The molecule has 21 nitrogen and oxygen atoms in total. The number of aliphatic hydroxyl groups is 14. The van der Waals surface area contributed by atoms with E-state index in [9.17, 15) is 71.5 Å². The molecule has 0 aromatic heterocycles. The second-order valence-electron chi connectivity index (χ2n) is 11.3. The van der Waals surface area contributed by atoms with E-state index in [2.05, 4.69) is 0 Å². The van der Waals surface area contributed by atoms with Crippen LogP contribution in [-0.4, -0.2) is 221 Å². The van der Waals surface area contributed by atoms with Gasteiger partial charge in [0.15, 0.2) is 6.29 Å². The fourth-order valence-corrected chi connectivity index (χ4v) is 5.65. The van der Waals surface area contributed by atoms with Gasteiger partial charge in [0.2, 0.25) is 17.4 Å². The summed E-state index contributed by atoms with van der Waals surface area (Å²) in [6, 6.07) is 0. The van der Waals surface area contributed by atoms with E-state index < -0.39 is 149 Å². The molecule has 45 heavy (non-hydrogen) atoms. The summed E-state index contributed by atoms with van der Waals surface area (Å²) in [5.74, 6) is -7.36. The molecule has 0 aliphatic carbocycles. The minimum atomic E-state index is -2.49. The molecule has 4 heterocycles. The first-order valence-electron chi connectivity index (χ1n) is 14.0. The minimum absolute atomic E-state index is 0.789. The van der Waals surface area contributed by atoms with Crippen LogP contribution in [0.2, 0.25) is 0 Å². The first kappa shape index (κ1) is 37.0. The Morgan fingerprint density at radius 3 is 1.38 bits per heavy atom. The summed E-state index contributed by atoms with van der Waals surface area (Å²) in [6.07, 6.45) is -25.3. The maximum atomic E-state index is 10.9. The first-order valence-corrected chi connectivity index (χ1v) is 14.0. The first-order chi connectivity index (χ1) is 21.2. The molecule has 4 aliphatic heterocycles. The second kappa shape index (κ2) is 14.3. The van der Waals surface area contributed by atoms with Gasteiger partial charge in [-0.05, 0) is 0 Å². The third kappa shape index (κ3) is 6.49. The summed E-state index contributed by atoms with van der Waals surface area (Å²) in [5, 5.41) is 142. The van der Waals surface area contributed by atoms with E-state index in [1.54, 1.807) is 0 Å². The Morgan fingerprint density at radius 2 is 0.911 bits per heavy atom. The van der Waals surface area contributed by atoms with Gasteiger partial charge in [-0.3, -0.25) is 0 Å². The van der Waals surface area contributed by atoms with Crippen molar-refractivity contribution >= 4 is 0 Å². The van der Waals surface area contributed by atoms with Crippen molar-refractivity contribution in [3.8, 4) is 0 Å². The predicted octanol–water partition coefficient (Wildman–Crippen LogP) is -9.74. The Bertz CT molecular complexity index is 964. The molecule has 0 aromatic rings. The molecular formula is C24H42O21. The van der Waals surface area contributed by atoms with Crippen molar-refractivity contribution in [1.29, 1.82) is 0 Å². The van der Waals surface area contributed by atoms with Gasteiger partial charge in [0.05, 0.1) is 26.4 Å². The molecule has 0 spiro atoms. The monoisotopic (exact) mass is 666 g/mol. The van der Waals surface area contributed by atoms with Gasteiger partial charge in [0.25, 0.3) is 0 Å². The van der Waals surface area contributed by atoms with Crippen LogP contribution in [0.4, 0.5) is 0 Å². The Balaban J connectivity index is 1.54. The standard InChI is InChI=1S/C24H42O21/c25-1-8-13(31)18(36)22(5-28,42-8)40-7-24(20(38)15(33)10(3-27)44-24)39-4-11-12(30)16(34)17(35)21(41-11)45-23(6-29)19(37)14(32)9(2-26)43-23/h8-21,25-38H,1-7H2/t8-,9-,10-,11-,12-,13-,14-,15-,16+,17-,18+,19+,20+,21-,22-,23+,24-/m1/s1. The summed E-state index contributed by atoms with van der Waals surface area (Å²) in [7, 11) is 0. The van der Waals surface area contributed by atoms with Gasteiger partial charge in [0, 0.05) is 0 Å². The predicted molar refractivity (Wildman–Crippen MR) is 134 cm³/mol. The van der Waals surface area contributed by atoms with Gasteiger partial charge in [0.1, 0.15) is 99.2 Å². The summed E-state index contributed by atoms with van der Waals surface area (Å²) in [6.45, 7) is -6.57. The van der Waals surface area contributed by atoms with Crippen LogP contribution in [0.5, 0.6) is 0 Å². The van der Waals surface area contributed by atoms with Crippen molar-refractivity contribution in [3.63, 3.8) is 0 Å². The van der Waals surface area contributed by atoms with Gasteiger partial charge in [-0.1, -0.05) is 0 Å². The van der Waals surface area contributed by atoms with Gasteiger partial charge >= 0.3 is 0 Å². The lowest BCUT2D eigenvalue weighted by molar-refractivity contribution is -0.391. The zero-order chi connectivity index (χ0) is 33.5. The summed E-state index contributed by atoms with van der Waals surface area (Å²) >= 11 is 0. The third-order valence-corrected chi connectivity index (χ3v) is 8.49. The molecule has 4 rings (SSSR count). The van der Waals surface area contributed by atoms with Crippen molar-refractivity contribution in [2.75, 3.05) is 46.2 Å². The van der Waals surface area contributed by atoms with Crippen molar-refractivity contribution in [1.82, 2.24) is 0 Å². The molecule has 4 aliphatic rings. The molecule has 21 heteroatoms. The van der Waals surface area contributed by atoms with Crippen LogP contribution in [0.3, 0.4) is 0 Å². The Labute approximate surface area is 254 Å². The lowest BCUT2D eigenvalue weighted by Crippen LogP contribution is -2.63. The molecule has 17 atom stereocenters. The highest BCUT2D eigenvalue weighted by Crippen LogP contribution is 2.39. The molecule has 0 unspecified atom stereocenters. The van der Waals surface area contributed by atoms with Gasteiger partial charge < -0.3 is 105 Å². The molecule has 4 saturated heterocycles. The summed E-state index contributed by atoms with van der Waals surface area (Å²) in [4.78, 5) is 0. The van der Waals surface area contributed by atoms with E-state index in [0.29, 0.717) is 0 Å². The average molecular weight is 667 g/mol. The van der Waals surface area contributed by atoms with Crippen molar-refractivity contribution < 1.29 is 105 Å². The molecule has 14 N–H and O–H groups in total. The Morgan fingerprint density at radius 1 is 0.467 bits per heavy atom. The van der Waals surface area contributed by atoms with Crippen LogP contribution in [0.25, 0.3) is 0 Å². The number of hydrogen-bond acceptors (Lipinski definition) is 21. The number of rotatable bonds is 13. The van der Waals surface area contributed by atoms with E-state index >= 15 is 0 Å². The molecule has 0 amide bonds. The normalized spacial score (nSPS) is 52.1. The van der Waals surface area contributed by atoms with Crippen molar-refractivity contribution in [2.45, 2.75) is 103 Å². The lowest BCUT2D eigenvalue weighted by atomic mass is 9.98. The largest absolute Gasteiger partial charge is 0.394 e. The molecule has 0 radical (unpaired) electrons. The van der Waals surface area contributed by atoms with Gasteiger partial charge in [-0.2, -0.15) is 0 Å². The zero-order valence-corrected chi connectivity index (χ0v) is 23.7. The smallest absolute Gasteiger partial charge is 0.224 e. The van der Waals surface area contributed by atoms with Crippen LogP contribution in [0.1, 0.15) is 0 Å². The van der Waals surface area contributed by atoms with Crippen molar-refractivity contribution in [3.05, 3.63) is 0 Å². The van der Waals surface area contributed by atoms with E-state index in [-0.39, 0.29) is 0 Å². The minimum Gasteiger partial charge on any atom is -0.394 e. The SMILES string of the molecule is OC[C@H]1O[C@@](CO)(OC[C@@]2(OC[C@H]3O[C@H](O[C@]4(CO)O[C@H](CO)[C@@H](O)[C@@H]4O)[C@H](O)[C@@H](O)[C@@H]3O)O[C@H](CO)[C@@H](O)[C@@H]2O)[C@@H](O)[C@@H]1O. The number of aliphatic hydroxyl groups excluding tert-OH is 14. The molecule has 4 fully saturated rings. The van der Waals surface area contributed by atoms with Crippen LogP contribution < -0.4 is 0 Å². The maximum Gasteiger partial charge on any atom is 0.224 e. The topological polar surface area (TPSA) is 348 Å². The summed E-state index contributed by atoms with van der Waals surface area (Å²) < 4.78 is 38.2. The molecule has 264 valence electrons. The molecule has 0 saturated carbocycles. The van der Waals surface area contributed by atoms with Crippen LogP contribution in [0.15, 0.2) is 0 Å². The lowest BCUT2D eigenvalue weighted by Gasteiger charge is -2.44. The van der Waals surface area contributed by atoms with Crippen LogP contribution in [-0.2, 0) is 33.2 Å². The highest BCUT2D eigenvalue weighted by molar-refractivity contribution is 5.02. The Kier molecular flexibility index (Phi) is 11.8. The van der Waals surface area contributed by atoms with Crippen molar-refractivity contribution in [2.24, 2.45) is 0 Å². The average Bonchev–Trinajstić information content (AvgIpc) is 3.55. The quantitative estimate of drug-likeness (QED) is 0.0867. The maximum absolute atomic E-state index is 10.9. The highest BCUT2D eigenvalue weighted by atomic mass is 16.8. The van der Waals surface area contributed by atoms with E-state index in [0.717, 1.165) is 0 Å². The fourth-order valence-electron chi connectivity index (χ4n) is 5.65. The summed E-state index contributed by atoms with van der Waals surface area (Å²) in [5.41, 5.74) is 0. The number of ether oxygens (including phenoxy) is 7.